The monoisotopic (exact) mass is 258 g/mol. The normalized spacial score (nSPS) is 16.8. The molecule has 19 heavy (non-hydrogen) atoms. The number of aromatic nitrogens is 3. The highest BCUT2D eigenvalue weighted by Crippen LogP contribution is 2.28. The summed E-state index contributed by atoms with van der Waals surface area (Å²) in [7, 11) is 0. The van der Waals surface area contributed by atoms with Gasteiger partial charge in [-0.2, -0.15) is 0 Å². The average Bonchev–Trinajstić information content (AvgIpc) is 2.91. The minimum Gasteiger partial charge on any atom is -0.449 e. The molecule has 0 unspecified atom stereocenters. The summed E-state index contributed by atoms with van der Waals surface area (Å²) in [5.74, 6) is 3.19. The van der Waals surface area contributed by atoms with Crippen molar-refractivity contribution in [2.75, 3.05) is 18.0 Å². The lowest BCUT2D eigenvalue weighted by Gasteiger charge is -2.31. The summed E-state index contributed by atoms with van der Waals surface area (Å²) in [4.78, 5) is 15.4. The van der Waals surface area contributed by atoms with Crippen LogP contribution in [0.1, 0.15) is 36.2 Å². The fourth-order valence-electron chi connectivity index (χ4n) is 2.65. The van der Waals surface area contributed by atoms with E-state index in [1.54, 1.807) is 12.5 Å². The van der Waals surface area contributed by atoms with E-state index in [2.05, 4.69) is 25.9 Å². The lowest BCUT2D eigenvalue weighted by atomic mass is 9.97. The number of aryl methyl sites for hydroxylation is 2. The molecule has 3 rings (SSSR count). The Kier molecular flexibility index (Phi) is 3.19. The van der Waals surface area contributed by atoms with Crippen LogP contribution in [0.25, 0.3) is 0 Å². The van der Waals surface area contributed by atoms with Gasteiger partial charge in [0.05, 0.1) is 6.20 Å². The molecule has 0 radical (unpaired) electrons. The maximum Gasteiger partial charge on any atom is 0.197 e. The van der Waals surface area contributed by atoms with Crippen molar-refractivity contribution in [2.24, 2.45) is 0 Å². The lowest BCUT2D eigenvalue weighted by molar-refractivity contribution is 0.392. The molecule has 1 fully saturated rings. The Bertz CT molecular complexity index is 524. The Hall–Kier alpha value is -1.91. The molecule has 0 N–H and O–H groups in total. The maximum atomic E-state index is 5.40. The predicted molar refractivity (Wildman–Crippen MR) is 72.2 cm³/mol. The van der Waals surface area contributed by atoms with Gasteiger partial charge in [-0.1, -0.05) is 0 Å². The molecule has 0 bridgehead atoms. The first-order valence-corrected chi connectivity index (χ1v) is 6.69. The van der Waals surface area contributed by atoms with E-state index in [0.717, 1.165) is 49.2 Å². The number of nitrogens with zero attached hydrogens (tertiary/aromatic N) is 4. The fourth-order valence-corrected chi connectivity index (χ4v) is 2.65. The van der Waals surface area contributed by atoms with Crippen molar-refractivity contribution in [3.8, 4) is 0 Å². The minimum atomic E-state index is 0.440. The summed E-state index contributed by atoms with van der Waals surface area (Å²) in [5, 5.41) is 0. The van der Waals surface area contributed by atoms with Crippen LogP contribution < -0.4 is 4.90 Å². The highest BCUT2D eigenvalue weighted by atomic mass is 16.3. The van der Waals surface area contributed by atoms with Crippen LogP contribution >= 0.6 is 0 Å². The van der Waals surface area contributed by atoms with Crippen molar-refractivity contribution in [2.45, 2.75) is 32.6 Å². The molecular weight excluding hydrogens is 240 g/mol. The number of piperidine rings is 1. The summed E-state index contributed by atoms with van der Waals surface area (Å²) in [6.07, 6.45) is 5.49. The first-order valence-electron chi connectivity index (χ1n) is 6.69. The van der Waals surface area contributed by atoms with Crippen LogP contribution in [0.3, 0.4) is 0 Å². The molecule has 1 saturated heterocycles. The molecule has 5 heteroatoms. The van der Waals surface area contributed by atoms with Crippen molar-refractivity contribution < 1.29 is 4.42 Å². The lowest BCUT2D eigenvalue weighted by Crippen LogP contribution is -2.33. The molecule has 0 saturated carbocycles. The van der Waals surface area contributed by atoms with E-state index in [9.17, 15) is 0 Å². The molecule has 0 spiro atoms. The molecule has 5 nitrogen and oxygen atoms in total. The van der Waals surface area contributed by atoms with E-state index in [1.807, 2.05) is 13.8 Å². The molecular formula is C14H18N4O. The molecule has 0 atom stereocenters. The highest BCUT2D eigenvalue weighted by molar-refractivity contribution is 5.40. The Morgan fingerprint density at radius 1 is 1.21 bits per heavy atom. The van der Waals surface area contributed by atoms with Gasteiger partial charge in [0.2, 0.25) is 0 Å². The molecule has 1 aliphatic rings. The molecule has 100 valence electrons. The number of anilines is 1. The van der Waals surface area contributed by atoms with Crippen molar-refractivity contribution >= 4 is 5.82 Å². The summed E-state index contributed by atoms with van der Waals surface area (Å²) in [6, 6.07) is 2.05. The fraction of sp³-hybridized carbons (Fsp3) is 0.500. The second kappa shape index (κ2) is 4.99. The third-order valence-electron chi connectivity index (χ3n) is 3.57. The van der Waals surface area contributed by atoms with Crippen LogP contribution in [0.4, 0.5) is 5.82 Å². The molecule has 3 heterocycles. The van der Waals surface area contributed by atoms with Crippen LogP contribution in [0.5, 0.6) is 0 Å². The second-order valence-electron chi connectivity index (χ2n) is 5.05. The maximum absolute atomic E-state index is 5.40. The molecule has 2 aromatic heterocycles. The third-order valence-corrected chi connectivity index (χ3v) is 3.57. The van der Waals surface area contributed by atoms with Gasteiger partial charge in [0, 0.05) is 30.8 Å². The third kappa shape index (κ3) is 2.59. The van der Waals surface area contributed by atoms with Gasteiger partial charge in [-0.3, -0.25) is 0 Å². The molecule has 1 aliphatic heterocycles. The van der Waals surface area contributed by atoms with Gasteiger partial charge in [-0.05, 0) is 26.7 Å². The number of hydrogen-bond donors (Lipinski definition) is 0. The smallest absolute Gasteiger partial charge is 0.197 e. The van der Waals surface area contributed by atoms with Gasteiger partial charge in [-0.15, -0.1) is 0 Å². The number of oxazole rings is 1. The van der Waals surface area contributed by atoms with Crippen molar-refractivity contribution in [3.63, 3.8) is 0 Å². The van der Waals surface area contributed by atoms with Crippen molar-refractivity contribution in [1.29, 1.82) is 0 Å². The Morgan fingerprint density at radius 3 is 2.63 bits per heavy atom. The van der Waals surface area contributed by atoms with E-state index in [-0.39, 0.29) is 0 Å². The topological polar surface area (TPSA) is 55.1 Å². The number of rotatable bonds is 2. The van der Waals surface area contributed by atoms with Gasteiger partial charge in [0.25, 0.3) is 0 Å². The molecule has 2 aromatic rings. The first-order chi connectivity index (χ1) is 9.22. The Morgan fingerprint density at radius 2 is 2.00 bits per heavy atom. The van der Waals surface area contributed by atoms with Gasteiger partial charge in [0.1, 0.15) is 17.9 Å². The van der Waals surface area contributed by atoms with Crippen LogP contribution in [0.15, 0.2) is 22.9 Å². The standard InChI is InChI=1S/C14H18N4O/c1-10-9-13(17-11(2)16-10)18-6-3-12(4-7-18)14-15-5-8-19-14/h5,8-9,12H,3-4,6-7H2,1-2H3. The Balaban J connectivity index is 1.70. The number of hydrogen-bond acceptors (Lipinski definition) is 5. The minimum absolute atomic E-state index is 0.440. The summed E-state index contributed by atoms with van der Waals surface area (Å²) < 4.78 is 5.40. The van der Waals surface area contributed by atoms with Crippen LogP contribution in [-0.2, 0) is 0 Å². The zero-order chi connectivity index (χ0) is 13.2. The van der Waals surface area contributed by atoms with Crippen molar-refractivity contribution in [1.82, 2.24) is 15.0 Å². The summed E-state index contributed by atoms with van der Waals surface area (Å²) >= 11 is 0. The van der Waals surface area contributed by atoms with Crippen LogP contribution in [0, 0.1) is 13.8 Å². The average molecular weight is 258 g/mol. The van der Waals surface area contributed by atoms with Gasteiger partial charge in [0.15, 0.2) is 5.89 Å². The second-order valence-corrected chi connectivity index (χ2v) is 5.05. The van der Waals surface area contributed by atoms with E-state index < -0.39 is 0 Å². The van der Waals surface area contributed by atoms with Gasteiger partial charge >= 0.3 is 0 Å². The zero-order valence-corrected chi connectivity index (χ0v) is 11.3. The van der Waals surface area contributed by atoms with Gasteiger partial charge in [-0.25, -0.2) is 15.0 Å². The SMILES string of the molecule is Cc1cc(N2CCC(c3ncco3)CC2)nc(C)n1. The van der Waals surface area contributed by atoms with E-state index in [4.69, 9.17) is 4.42 Å². The van der Waals surface area contributed by atoms with E-state index in [1.165, 1.54) is 0 Å². The summed E-state index contributed by atoms with van der Waals surface area (Å²) in [5.41, 5.74) is 1.03. The summed E-state index contributed by atoms with van der Waals surface area (Å²) in [6.45, 7) is 5.93. The van der Waals surface area contributed by atoms with Gasteiger partial charge < -0.3 is 9.32 Å². The highest BCUT2D eigenvalue weighted by Gasteiger charge is 2.24. The first kappa shape index (κ1) is 12.1. The van der Waals surface area contributed by atoms with E-state index >= 15 is 0 Å². The largest absolute Gasteiger partial charge is 0.449 e. The quantitative estimate of drug-likeness (QED) is 0.828. The predicted octanol–water partition coefficient (Wildman–Crippen LogP) is 2.47. The Labute approximate surface area is 112 Å². The molecule has 0 aromatic carbocycles. The van der Waals surface area contributed by atoms with Crippen LogP contribution in [-0.4, -0.2) is 28.0 Å². The van der Waals surface area contributed by atoms with E-state index in [0.29, 0.717) is 5.92 Å². The zero-order valence-electron chi connectivity index (χ0n) is 11.3. The molecule has 0 aliphatic carbocycles. The van der Waals surface area contributed by atoms with Crippen LogP contribution in [0.2, 0.25) is 0 Å². The molecule has 0 amide bonds. The van der Waals surface area contributed by atoms with Crippen molar-refractivity contribution in [3.05, 3.63) is 35.9 Å².